The summed E-state index contributed by atoms with van der Waals surface area (Å²) in [6.07, 6.45) is 5.55. The Morgan fingerprint density at radius 2 is 1.71 bits per heavy atom. The molecule has 0 radical (unpaired) electrons. The summed E-state index contributed by atoms with van der Waals surface area (Å²) in [6.45, 7) is 6.60. The second-order valence-corrected chi connectivity index (χ2v) is 8.79. The van der Waals surface area contributed by atoms with Gasteiger partial charge in [-0.25, -0.2) is 4.79 Å². The smallest absolute Gasteiger partial charge is 0.321 e. The van der Waals surface area contributed by atoms with Crippen molar-refractivity contribution in [1.29, 1.82) is 0 Å². The van der Waals surface area contributed by atoms with Crippen LogP contribution in [0.25, 0.3) is 0 Å². The van der Waals surface area contributed by atoms with Crippen molar-refractivity contribution in [3.63, 3.8) is 0 Å². The molecule has 31 heavy (non-hydrogen) atoms. The number of hydrogen-bond donors (Lipinski definition) is 4. The first-order valence-corrected chi connectivity index (χ1v) is 11.5. The fraction of sp³-hybridized carbons (Fsp3) is 0.652. The highest BCUT2D eigenvalue weighted by Gasteiger charge is 2.32. The molecule has 3 rings (SSSR count). The summed E-state index contributed by atoms with van der Waals surface area (Å²) in [7, 11) is 3.29. The maximum atomic E-state index is 12.6. The molecule has 1 aromatic rings. The van der Waals surface area contributed by atoms with Gasteiger partial charge in [0.2, 0.25) is 0 Å². The molecule has 0 unspecified atom stereocenters. The Hall–Kier alpha value is -2.32. The Morgan fingerprint density at radius 3 is 2.35 bits per heavy atom. The predicted molar refractivity (Wildman–Crippen MR) is 118 cm³/mol. The van der Waals surface area contributed by atoms with Crippen LogP contribution in [0.5, 0.6) is 11.5 Å². The van der Waals surface area contributed by atoms with Crippen LogP contribution in [0.15, 0.2) is 18.2 Å². The zero-order valence-electron chi connectivity index (χ0n) is 19.1. The topological polar surface area (TPSA) is 85.5 Å². The molecular weight excluding hydrogens is 396 g/mol. The van der Waals surface area contributed by atoms with E-state index in [1.54, 1.807) is 14.2 Å². The Balaban J connectivity index is 1.43. The Bertz CT molecular complexity index is 743. The lowest BCUT2D eigenvalue weighted by Crippen LogP contribution is -3.29. The van der Waals surface area contributed by atoms with Crippen LogP contribution in [-0.4, -0.2) is 64.4 Å². The van der Waals surface area contributed by atoms with Gasteiger partial charge in [-0.2, -0.15) is 0 Å². The SMILES string of the molecule is COc1ccc(C[NH+]2CC[NH+]([C@@H](C)C(=O)NC(=O)NC3CCCCC3)CC2)cc1OC. The first kappa shape index (κ1) is 23.3. The summed E-state index contributed by atoms with van der Waals surface area (Å²) in [6, 6.07) is 5.68. The zero-order valence-corrected chi connectivity index (χ0v) is 19.1. The van der Waals surface area contributed by atoms with E-state index in [1.807, 2.05) is 19.1 Å². The van der Waals surface area contributed by atoms with Gasteiger partial charge in [0, 0.05) is 11.6 Å². The summed E-state index contributed by atoms with van der Waals surface area (Å²) >= 11 is 0. The third-order valence-electron chi connectivity index (χ3n) is 6.68. The van der Waals surface area contributed by atoms with E-state index in [0.717, 1.165) is 69.9 Å². The van der Waals surface area contributed by atoms with Crippen molar-refractivity contribution >= 4 is 11.9 Å². The number of ether oxygens (including phenoxy) is 2. The maximum Gasteiger partial charge on any atom is 0.321 e. The number of carbonyl (C=O) groups is 2. The van der Waals surface area contributed by atoms with Crippen LogP contribution in [0.1, 0.15) is 44.6 Å². The molecule has 1 heterocycles. The summed E-state index contributed by atoms with van der Waals surface area (Å²) < 4.78 is 10.7. The van der Waals surface area contributed by atoms with Gasteiger partial charge in [0.15, 0.2) is 17.5 Å². The monoisotopic (exact) mass is 434 g/mol. The van der Waals surface area contributed by atoms with E-state index in [2.05, 4.69) is 16.7 Å². The van der Waals surface area contributed by atoms with Crippen LogP contribution in [-0.2, 0) is 11.3 Å². The second-order valence-electron chi connectivity index (χ2n) is 8.79. The standard InChI is InChI=1S/C23H36N4O4/c1-17(22(28)25-23(29)24-19-7-5-4-6-8-19)27-13-11-26(12-14-27)16-18-9-10-20(30-2)21(15-18)31-3/h9-10,15,17,19H,4-8,11-14,16H2,1-3H3,(H2,24,25,28,29)/p+2/t17-/m0/s1. The highest BCUT2D eigenvalue weighted by atomic mass is 16.5. The third kappa shape index (κ3) is 6.58. The Kier molecular flexibility index (Phi) is 8.54. The molecule has 8 heteroatoms. The largest absolute Gasteiger partial charge is 0.493 e. The number of urea groups is 1. The van der Waals surface area contributed by atoms with Gasteiger partial charge in [0.1, 0.15) is 32.7 Å². The fourth-order valence-electron chi connectivity index (χ4n) is 4.69. The van der Waals surface area contributed by atoms with Crippen molar-refractivity contribution < 1.29 is 28.9 Å². The molecule has 2 fully saturated rings. The molecule has 1 aliphatic heterocycles. The van der Waals surface area contributed by atoms with Gasteiger partial charge >= 0.3 is 6.03 Å². The summed E-state index contributed by atoms with van der Waals surface area (Å²) in [5.41, 5.74) is 1.21. The molecule has 1 aromatic carbocycles. The Morgan fingerprint density at radius 1 is 1.03 bits per heavy atom. The quantitative estimate of drug-likeness (QED) is 0.468. The number of piperazine rings is 1. The lowest BCUT2D eigenvalue weighted by molar-refractivity contribution is -1.02. The van der Waals surface area contributed by atoms with E-state index in [0.29, 0.717) is 0 Å². The average molecular weight is 435 g/mol. The van der Waals surface area contributed by atoms with E-state index in [1.165, 1.54) is 21.8 Å². The first-order valence-electron chi connectivity index (χ1n) is 11.5. The lowest BCUT2D eigenvalue weighted by atomic mass is 9.96. The van der Waals surface area contributed by atoms with E-state index in [9.17, 15) is 9.59 Å². The van der Waals surface area contributed by atoms with Crippen molar-refractivity contribution in [3.8, 4) is 11.5 Å². The molecule has 172 valence electrons. The highest BCUT2D eigenvalue weighted by molar-refractivity contribution is 5.96. The minimum atomic E-state index is -0.346. The van der Waals surface area contributed by atoms with Gasteiger partial charge < -0.3 is 24.6 Å². The molecule has 1 aliphatic carbocycles. The number of carbonyl (C=O) groups excluding carboxylic acids is 2. The van der Waals surface area contributed by atoms with Gasteiger partial charge in [0.05, 0.1) is 14.2 Å². The van der Waals surface area contributed by atoms with E-state index in [-0.39, 0.29) is 24.0 Å². The van der Waals surface area contributed by atoms with Gasteiger partial charge in [0.25, 0.3) is 5.91 Å². The number of hydrogen-bond acceptors (Lipinski definition) is 4. The number of nitrogens with one attached hydrogen (secondary N) is 4. The molecule has 0 aromatic heterocycles. The lowest BCUT2D eigenvalue weighted by Gasteiger charge is -2.32. The van der Waals surface area contributed by atoms with Gasteiger partial charge in [-0.15, -0.1) is 0 Å². The normalized spacial score (nSPS) is 22.9. The van der Waals surface area contributed by atoms with Gasteiger partial charge in [-0.1, -0.05) is 19.3 Å². The van der Waals surface area contributed by atoms with E-state index < -0.39 is 0 Å². The average Bonchev–Trinajstić information content (AvgIpc) is 2.79. The Labute approximate surface area is 185 Å². The van der Waals surface area contributed by atoms with Crippen molar-refractivity contribution in [2.75, 3.05) is 40.4 Å². The van der Waals surface area contributed by atoms with Crippen molar-refractivity contribution in [3.05, 3.63) is 23.8 Å². The molecule has 1 saturated heterocycles. The van der Waals surface area contributed by atoms with Crippen LogP contribution in [0.3, 0.4) is 0 Å². The molecular formula is C23H38N4O4+2. The number of amides is 3. The first-order chi connectivity index (χ1) is 15.0. The van der Waals surface area contributed by atoms with Crippen LogP contribution < -0.4 is 29.9 Å². The molecule has 2 aliphatic rings. The van der Waals surface area contributed by atoms with Gasteiger partial charge in [-0.3, -0.25) is 10.1 Å². The molecule has 1 saturated carbocycles. The molecule has 8 nitrogen and oxygen atoms in total. The highest BCUT2D eigenvalue weighted by Crippen LogP contribution is 2.27. The number of imide groups is 1. The molecule has 1 atom stereocenters. The molecule has 4 N–H and O–H groups in total. The molecule has 0 spiro atoms. The van der Waals surface area contributed by atoms with Crippen LogP contribution in [0.4, 0.5) is 4.79 Å². The molecule has 0 bridgehead atoms. The van der Waals surface area contributed by atoms with Crippen LogP contribution in [0, 0.1) is 0 Å². The molecule has 3 amide bonds. The summed E-state index contributed by atoms with van der Waals surface area (Å²) in [5.74, 6) is 1.30. The minimum Gasteiger partial charge on any atom is -0.493 e. The van der Waals surface area contributed by atoms with E-state index in [4.69, 9.17) is 9.47 Å². The number of methoxy groups -OCH3 is 2. The second kappa shape index (κ2) is 11.3. The zero-order chi connectivity index (χ0) is 22.2. The number of benzene rings is 1. The predicted octanol–water partition coefficient (Wildman–Crippen LogP) is -0.466. The van der Waals surface area contributed by atoms with Crippen LogP contribution in [0.2, 0.25) is 0 Å². The third-order valence-corrected chi connectivity index (χ3v) is 6.68. The van der Waals surface area contributed by atoms with Crippen LogP contribution >= 0.6 is 0 Å². The minimum absolute atomic E-state index is 0.188. The van der Waals surface area contributed by atoms with Crippen molar-refractivity contribution in [2.45, 2.75) is 57.7 Å². The van der Waals surface area contributed by atoms with E-state index >= 15 is 0 Å². The van der Waals surface area contributed by atoms with Crippen molar-refractivity contribution in [1.82, 2.24) is 10.6 Å². The maximum absolute atomic E-state index is 12.6. The summed E-state index contributed by atoms with van der Waals surface area (Å²) in [5, 5.41) is 5.51. The van der Waals surface area contributed by atoms with Gasteiger partial charge in [-0.05, 0) is 38.0 Å². The number of quaternary nitrogens is 2. The fourth-order valence-corrected chi connectivity index (χ4v) is 4.69. The number of rotatable bonds is 7. The van der Waals surface area contributed by atoms with Crippen molar-refractivity contribution in [2.24, 2.45) is 0 Å². The summed E-state index contributed by atoms with van der Waals surface area (Å²) in [4.78, 5) is 27.5.